The molecule has 0 amide bonds. The molecule has 0 saturated carbocycles. The first kappa shape index (κ1) is 19.5. The first-order valence-corrected chi connectivity index (χ1v) is 11.1. The number of thioether (sulfide) groups is 1. The van der Waals surface area contributed by atoms with E-state index in [1.807, 2.05) is 42.5 Å². The van der Waals surface area contributed by atoms with Gasteiger partial charge in [0.25, 0.3) is 5.56 Å². The van der Waals surface area contributed by atoms with Crippen molar-refractivity contribution in [3.63, 3.8) is 0 Å². The van der Waals surface area contributed by atoms with Gasteiger partial charge in [0.1, 0.15) is 28.6 Å². The van der Waals surface area contributed by atoms with Gasteiger partial charge < -0.3 is 14.1 Å². The van der Waals surface area contributed by atoms with Crippen LogP contribution in [0, 0.1) is 0 Å². The smallest absolute Gasteiger partial charge is 0.268 e. The number of nitrogens with zero attached hydrogens (tertiary/aromatic N) is 5. The summed E-state index contributed by atoms with van der Waals surface area (Å²) in [5.41, 5.74) is 1.53. The van der Waals surface area contributed by atoms with Crippen LogP contribution in [-0.4, -0.2) is 37.3 Å². The average Bonchev–Trinajstić information content (AvgIpc) is 3.54. The van der Waals surface area contributed by atoms with Crippen LogP contribution < -0.4 is 10.3 Å². The second-order valence-electron chi connectivity index (χ2n) is 6.55. The molecule has 9 nitrogen and oxygen atoms in total. The van der Waals surface area contributed by atoms with Crippen LogP contribution in [-0.2, 0) is 12.3 Å². The Hall–Kier alpha value is -3.44. The Labute approximate surface area is 184 Å². The summed E-state index contributed by atoms with van der Waals surface area (Å²) in [6.45, 7) is 0.432. The number of hydrogen-bond acceptors (Lipinski definition) is 9. The van der Waals surface area contributed by atoms with Gasteiger partial charge in [0.15, 0.2) is 0 Å². The van der Waals surface area contributed by atoms with E-state index in [-0.39, 0.29) is 5.56 Å². The highest BCUT2D eigenvalue weighted by molar-refractivity contribution is 7.98. The molecule has 31 heavy (non-hydrogen) atoms. The predicted octanol–water partition coefficient (Wildman–Crippen LogP) is 3.58. The maximum atomic E-state index is 12.6. The molecule has 4 aromatic heterocycles. The van der Waals surface area contributed by atoms with Crippen molar-refractivity contribution in [2.45, 2.75) is 17.5 Å². The highest BCUT2D eigenvalue weighted by Crippen LogP contribution is 2.32. The standard InChI is InChI=1S/C20H16N6O3S2/c1-28-13-6-4-12(5-7-13)16-9-15-18(31-16)19(27)22-17(21-15)11-30-20-23-24-25-26(20)10-14-3-2-8-29-14/h2-9H,10-11H2,1H3,(H,21,22,27). The minimum Gasteiger partial charge on any atom is -0.497 e. The maximum absolute atomic E-state index is 12.6. The lowest BCUT2D eigenvalue weighted by Gasteiger charge is -2.02. The largest absolute Gasteiger partial charge is 0.497 e. The number of aromatic amines is 1. The minimum atomic E-state index is -0.152. The number of fused-ring (bicyclic) bond motifs is 1. The van der Waals surface area contributed by atoms with E-state index in [1.54, 1.807) is 18.1 Å². The number of nitrogens with one attached hydrogen (secondary N) is 1. The number of ether oxygens (including phenoxy) is 1. The monoisotopic (exact) mass is 452 g/mol. The third kappa shape index (κ3) is 4.09. The number of H-pyrrole nitrogens is 1. The van der Waals surface area contributed by atoms with E-state index in [4.69, 9.17) is 9.15 Å². The molecule has 11 heteroatoms. The van der Waals surface area contributed by atoms with Gasteiger partial charge in [0, 0.05) is 4.88 Å². The lowest BCUT2D eigenvalue weighted by Crippen LogP contribution is -2.10. The fraction of sp³-hybridized carbons (Fsp3) is 0.150. The lowest BCUT2D eigenvalue weighted by atomic mass is 10.2. The van der Waals surface area contributed by atoms with Crippen LogP contribution in [0.4, 0.5) is 0 Å². The first-order valence-electron chi connectivity index (χ1n) is 9.28. The van der Waals surface area contributed by atoms with Crippen molar-refractivity contribution < 1.29 is 9.15 Å². The Morgan fingerprint density at radius 2 is 2.13 bits per heavy atom. The number of benzene rings is 1. The van der Waals surface area contributed by atoms with Gasteiger partial charge in [-0.3, -0.25) is 4.79 Å². The molecular formula is C20H16N6O3S2. The van der Waals surface area contributed by atoms with Crippen molar-refractivity contribution in [2.75, 3.05) is 7.11 Å². The molecule has 0 fully saturated rings. The summed E-state index contributed by atoms with van der Waals surface area (Å²) in [6, 6.07) is 13.3. The van der Waals surface area contributed by atoms with E-state index in [1.165, 1.54) is 23.1 Å². The van der Waals surface area contributed by atoms with E-state index in [2.05, 4.69) is 25.5 Å². The van der Waals surface area contributed by atoms with Gasteiger partial charge >= 0.3 is 0 Å². The topological polar surface area (TPSA) is 112 Å². The lowest BCUT2D eigenvalue weighted by molar-refractivity contribution is 0.415. The molecule has 1 N–H and O–H groups in total. The van der Waals surface area contributed by atoms with Crippen LogP contribution in [0.25, 0.3) is 20.7 Å². The molecule has 0 aliphatic carbocycles. The van der Waals surface area contributed by atoms with Gasteiger partial charge in [0.05, 0.1) is 24.6 Å². The number of aromatic nitrogens is 6. The minimum absolute atomic E-state index is 0.152. The second kappa shape index (κ2) is 8.36. The molecule has 0 spiro atoms. The fourth-order valence-electron chi connectivity index (χ4n) is 3.04. The summed E-state index contributed by atoms with van der Waals surface area (Å²) in [5, 5.41) is 12.4. The molecule has 5 aromatic rings. The van der Waals surface area contributed by atoms with Gasteiger partial charge in [-0.25, -0.2) is 9.67 Å². The summed E-state index contributed by atoms with van der Waals surface area (Å²) in [4.78, 5) is 21.1. The Kier molecular flexibility index (Phi) is 5.26. The van der Waals surface area contributed by atoms with Gasteiger partial charge in [0.2, 0.25) is 5.16 Å². The molecule has 0 radical (unpaired) electrons. The Bertz CT molecular complexity index is 1370. The fourth-order valence-corrected chi connectivity index (χ4v) is 4.78. The van der Waals surface area contributed by atoms with Gasteiger partial charge in [-0.2, -0.15) is 0 Å². The number of furan rings is 1. The number of hydrogen-bond donors (Lipinski definition) is 1. The van der Waals surface area contributed by atoms with Crippen molar-refractivity contribution in [3.05, 3.63) is 70.7 Å². The predicted molar refractivity (Wildman–Crippen MR) is 117 cm³/mol. The molecule has 0 aliphatic rings. The highest BCUT2D eigenvalue weighted by atomic mass is 32.2. The van der Waals surface area contributed by atoms with Gasteiger partial charge in [-0.1, -0.05) is 11.8 Å². The second-order valence-corrected chi connectivity index (χ2v) is 8.55. The molecule has 5 rings (SSSR count). The van der Waals surface area contributed by atoms with Crippen LogP contribution in [0.1, 0.15) is 11.6 Å². The average molecular weight is 453 g/mol. The SMILES string of the molecule is COc1ccc(-c2cc3nc(CSc4nnnn4Cc4ccco4)[nH]c(=O)c3s2)cc1. The summed E-state index contributed by atoms with van der Waals surface area (Å²) < 4.78 is 12.8. The van der Waals surface area contributed by atoms with E-state index < -0.39 is 0 Å². The molecule has 0 atom stereocenters. The first-order chi connectivity index (χ1) is 15.2. The van der Waals surface area contributed by atoms with Crippen molar-refractivity contribution in [3.8, 4) is 16.2 Å². The van der Waals surface area contributed by atoms with Crippen molar-refractivity contribution in [2.24, 2.45) is 0 Å². The van der Waals surface area contributed by atoms with Crippen molar-refractivity contribution in [1.29, 1.82) is 0 Å². The van der Waals surface area contributed by atoms with Crippen molar-refractivity contribution in [1.82, 2.24) is 30.2 Å². The molecule has 1 aromatic carbocycles. The summed E-state index contributed by atoms with van der Waals surface area (Å²) >= 11 is 2.81. The molecule has 0 saturated heterocycles. The zero-order valence-corrected chi connectivity index (χ0v) is 17.9. The van der Waals surface area contributed by atoms with Crippen LogP contribution >= 0.6 is 23.1 Å². The van der Waals surface area contributed by atoms with Gasteiger partial charge in [-0.15, -0.1) is 16.4 Å². The molecule has 0 bridgehead atoms. The van der Waals surface area contributed by atoms with E-state index >= 15 is 0 Å². The maximum Gasteiger partial charge on any atom is 0.268 e. The van der Waals surface area contributed by atoms with E-state index in [9.17, 15) is 4.79 Å². The van der Waals surface area contributed by atoms with Crippen molar-refractivity contribution >= 4 is 33.3 Å². The van der Waals surface area contributed by atoms with Crippen LogP contribution in [0.5, 0.6) is 5.75 Å². The number of thiophene rings is 1. The highest BCUT2D eigenvalue weighted by Gasteiger charge is 2.13. The zero-order valence-electron chi connectivity index (χ0n) is 16.3. The number of methoxy groups -OCH3 is 1. The summed E-state index contributed by atoms with van der Waals surface area (Å²) in [6.07, 6.45) is 1.61. The Morgan fingerprint density at radius 3 is 2.90 bits per heavy atom. The molecule has 0 aliphatic heterocycles. The third-order valence-corrected chi connectivity index (χ3v) is 6.67. The number of tetrazole rings is 1. The molecule has 4 heterocycles. The molecule has 0 unspecified atom stereocenters. The molecular weight excluding hydrogens is 436 g/mol. The Morgan fingerprint density at radius 1 is 1.26 bits per heavy atom. The quantitative estimate of drug-likeness (QED) is 0.373. The third-order valence-electron chi connectivity index (χ3n) is 4.53. The summed E-state index contributed by atoms with van der Waals surface area (Å²) in [5.74, 6) is 2.53. The Balaban J connectivity index is 1.36. The number of rotatable bonds is 7. The summed E-state index contributed by atoms with van der Waals surface area (Å²) in [7, 11) is 1.63. The normalized spacial score (nSPS) is 11.3. The van der Waals surface area contributed by atoms with Crippen LogP contribution in [0.15, 0.2) is 63.1 Å². The molecule has 156 valence electrons. The van der Waals surface area contributed by atoms with E-state index in [0.717, 1.165) is 22.0 Å². The van der Waals surface area contributed by atoms with Crippen LogP contribution in [0.3, 0.4) is 0 Å². The zero-order chi connectivity index (χ0) is 21.2. The van der Waals surface area contributed by atoms with Crippen LogP contribution in [0.2, 0.25) is 0 Å². The van der Waals surface area contributed by atoms with E-state index in [0.29, 0.717) is 33.5 Å². The van der Waals surface area contributed by atoms with Gasteiger partial charge in [-0.05, 0) is 58.5 Å².